The number of carbonyl (C=O) groups is 2. The van der Waals surface area contributed by atoms with Gasteiger partial charge in [-0.15, -0.1) is 0 Å². The van der Waals surface area contributed by atoms with E-state index in [1.807, 2.05) is 0 Å². The molecular weight excluding hydrogens is 446 g/mol. The largest absolute Gasteiger partial charge is 0.421 e. The highest BCUT2D eigenvalue weighted by molar-refractivity contribution is 6.43. The summed E-state index contributed by atoms with van der Waals surface area (Å²) in [5.74, 6) is -1.03. The molecule has 0 atom stereocenters. The standard InChI is InChI=1S/C20H10Cl4O4/c21-13-3-1-5-15(17(13)23)27-19(25)11-7-9-12(10-8-11)20(26)28-16-6-2-4-14(22)18(16)24/h1-10H. The van der Waals surface area contributed by atoms with Crippen molar-refractivity contribution in [2.45, 2.75) is 0 Å². The highest BCUT2D eigenvalue weighted by Gasteiger charge is 2.16. The Balaban J connectivity index is 1.72. The maximum Gasteiger partial charge on any atom is 0.343 e. The van der Waals surface area contributed by atoms with Crippen LogP contribution < -0.4 is 9.47 Å². The molecule has 0 aliphatic heterocycles. The van der Waals surface area contributed by atoms with Gasteiger partial charge in [-0.05, 0) is 48.5 Å². The van der Waals surface area contributed by atoms with E-state index in [1.165, 1.54) is 36.4 Å². The van der Waals surface area contributed by atoms with E-state index < -0.39 is 11.9 Å². The number of hydrogen-bond acceptors (Lipinski definition) is 4. The van der Waals surface area contributed by atoms with Gasteiger partial charge in [0.2, 0.25) is 0 Å². The van der Waals surface area contributed by atoms with Gasteiger partial charge in [-0.3, -0.25) is 0 Å². The first-order valence-electron chi connectivity index (χ1n) is 7.79. The summed E-state index contributed by atoms with van der Waals surface area (Å²) >= 11 is 23.8. The molecule has 28 heavy (non-hydrogen) atoms. The molecule has 3 aromatic rings. The van der Waals surface area contributed by atoms with E-state index in [0.717, 1.165) is 0 Å². The van der Waals surface area contributed by atoms with Crippen molar-refractivity contribution in [1.82, 2.24) is 0 Å². The number of rotatable bonds is 4. The summed E-state index contributed by atoms with van der Waals surface area (Å²) in [7, 11) is 0. The molecule has 0 amide bonds. The summed E-state index contributed by atoms with van der Waals surface area (Å²) in [6.45, 7) is 0. The van der Waals surface area contributed by atoms with E-state index in [-0.39, 0.29) is 42.7 Å². The van der Waals surface area contributed by atoms with Crippen molar-refractivity contribution in [3.63, 3.8) is 0 Å². The smallest absolute Gasteiger partial charge is 0.343 e. The zero-order chi connectivity index (χ0) is 20.3. The van der Waals surface area contributed by atoms with Crippen LogP contribution >= 0.6 is 46.4 Å². The second-order valence-corrected chi connectivity index (χ2v) is 7.03. The van der Waals surface area contributed by atoms with Gasteiger partial charge in [0.1, 0.15) is 10.0 Å². The summed E-state index contributed by atoms with van der Waals surface area (Å²) in [5.41, 5.74) is 0.432. The lowest BCUT2D eigenvalue weighted by molar-refractivity contribution is 0.0720. The third-order valence-electron chi connectivity index (χ3n) is 3.59. The summed E-state index contributed by atoms with van der Waals surface area (Å²) in [6, 6.07) is 15.1. The molecule has 0 aromatic heterocycles. The highest BCUT2D eigenvalue weighted by Crippen LogP contribution is 2.33. The molecule has 3 rings (SSSR count). The van der Waals surface area contributed by atoms with E-state index in [1.54, 1.807) is 24.3 Å². The van der Waals surface area contributed by atoms with Crippen LogP contribution in [0.2, 0.25) is 20.1 Å². The first kappa shape index (κ1) is 20.5. The Morgan fingerprint density at radius 1 is 0.571 bits per heavy atom. The predicted molar refractivity (Wildman–Crippen MR) is 109 cm³/mol. The zero-order valence-corrected chi connectivity index (χ0v) is 16.9. The van der Waals surface area contributed by atoms with Crippen molar-refractivity contribution in [2.75, 3.05) is 0 Å². The molecule has 0 radical (unpaired) electrons. The van der Waals surface area contributed by atoms with E-state index in [9.17, 15) is 9.59 Å². The van der Waals surface area contributed by atoms with Gasteiger partial charge in [0.15, 0.2) is 11.5 Å². The van der Waals surface area contributed by atoms with Crippen LogP contribution in [0.1, 0.15) is 20.7 Å². The van der Waals surface area contributed by atoms with Crippen molar-refractivity contribution in [2.24, 2.45) is 0 Å². The first-order valence-corrected chi connectivity index (χ1v) is 9.30. The molecule has 3 aromatic carbocycles. The monoisotopic (exact) mass is 454 g/mol. The second-order valence-electron chi connectivity index (χ2n) is 5.46. The Hall–Kier alpha value is -2.24. The van der Waals surface area contributed by atoms with E-state index >= 15 is 0 Å². The quantitative estimate of drug-likeness (QED) is 0.323. The molecule has 0 heterocycles. The first-order chi connectivity index (χ1) is 13.4. The fourth-order valence-corrected chi connectivity index (χ4v) is 2.85. The van der Waals surface area contributed by atoms with Crippen molar-refractivity contribution in [3.05, 3.63) is 91.9 Å². The summed E-state index contributed by atoms with van der Waals surface area (Å²) in [5, 5.41) is 0.807. The van der Waals surface area contributed by atoms with Crippen LogP contribution in [0.4, 0.5) is 0 Å². The van der Waals surface area contributed by atoms with Crippen LogP contribution in [0.25, 0.3) is 0 Å². The number of halogens is 4. The maximum absolute atomic E-state index is 12.3. The van der Waals surface area contributed by atoms with Crippen molar-refractivity contribution < 1.29 is 19.1 Å². The topological polar surface area (TPSA) is 52.6 Å². The molecular formula is C20H10Cl4O4. The van der Waals surface area contributed by atoms with Crippen LogP contribution in [0.15, 0.2) is 60.7 Å². The average Bonchev–Trinajstić information content (AvgIpc) is 2.69. The zero-order valence-electron chi connectivity index (χ0n) is 13.9. The summed E-state index contributed by atoms with van der Waals surface area (Å²) in [4.78, 5) is 24.5. The Morgan fingerprint density at radius 2 is 0.929 bits per heavy atom. The third kappa shape index (κ3) is 4.59. The molecule has 0 bridgehead atoms. The molecule has 0 saturated carbocycles. The van der Waals surface area contributed by atoms with Crippen molar-refractivity contribution in [1.29, 1.82) is 0 Å². The maximum atomic E-state index is 12.3. The van der Waals surface area contributed by atoms with Crippen molar-refractivity contribution >= 4 is 58.3 Å². The minimum Gasteiger partial charge on any atom is -0.421 e. The van der Waals surface area contributed by atoms with Gasteiger partial charge in [0.25, 0.3) is 0 Å². The van der Waals surface area contributed by atoms with Gasteiger partial charge in [-0.1, -0.05) is 58.5 Å². The SMILES string of the molecule is O=C(Oc1cccc(Cl)c1Cl)c1ccc(C(=O)Oc2cccc(Cl)c2Cl)cc1. The fourth-order valence-electron chi connectivity index (χ4n) is 2.19. The van der Waals surface area contributed by atoms with Gasteiger partial charge in [0, 0.05) is 0 Å². The van der Waals surface area contributed by atoms with Gasteiger partial charge in [-0.2, -0.15) is 0 Å². The molecule has 0 saturated heterocycles. The normalized spacial score (nSPS) is 10.4. The van der Waals surface area contributed by atoms with E-state index in [2.05, 4.69) is 0 Å². The molecule has 8 heteroatoms. The Labute approximate surface area is 180 Å². The number of esters is 2. The van der Waals surface area contributed by atoms with Crippen LogP contribution in [-0.2, 0) is 0 Å². The molecule has 0 N–H and O–H groups in total. The summed E-state index contributed by atoms with van der Waals surface area (Å²) < 4.78 is 10.5. The highest BCUT2D eigenvalue weighted by atomic mass is 35.5. The molecule has 0 aliphatic carbocycles. The molecule has 142 valence electrons. The van der Waals surface area contributed by atoms with Crippen LogP contribution in [0.3, 0.4) is 0 Å². The van der Waals surface area contributed by atoms with Crippen LogP contribution in [0.5, 0.6) is 11.5 Å². The van der Waals surface area contributed by atoms with Crippen molar-refractivity contribution in [3.8, 4) is 11.5 Å². The number of benzene rings is 3. The van der Waals surface area contributed by atoms with Crippen LogP contribution in [-0.4, -0.2) is 11.9 Å². The van der Waals surface area contributed by atoms with Gasteiger partial charge >= 0.3 is 11.9 Å². The molecule has 0 spiro atoms. The fraction of sp³-hybridized carbons (Fsp3) is 0. The molecule has 4 nitrogen and oxygen atoms in total. The Morgan fingerprint density at radius 3 is 1.29 bits per heavy atom. The van der Waals surface area contributed by atoms with Crippen LogP contribution in [0, 0.1) is 0 Å². The molecule has 0 aliphatic rings. The number of ether oxygens (including phenoxy) is 2. The minimum absolute atomic E-state index is 0.135. The lowest BCUT2D eigenvalue weighted by Gasteiger charge is -2.09. The lowest BCUT2D eigenvalue weighted by atomic mass is 10.1. The van der Waals surface area contributed by atoms with E-state index in [4.69, 9.17) is 55.9 Å². The lowest BCUT2D eigenvalue weighted by Crippen LogP contribution is -2.11. The molecule has 0 fully saturated rings. The van der Waals surface area contributed by atoms with Gasteiger partial charge in [-0.25, -0.2) is 9.59 Å². The Bertz CT molecular complexity index is 964. The van der Waals surface area contributed by atoms with E-state index in [0.29, 0.717) is 0 Å². The number of carbonyl (C=O) groups excluding carboxylic acids is 2. The Kier molecular flexibility index (Phi) is 6.47. The predicted octanol–water partition coefficient (Wildman–Crippen LogP) is 6.74. The molecule has 0 unspecified atom stereocenters. The van der Waals surface area contributed by atoms with Gasteiger partial charge < -0.3 is 9.47 Å². The second kappa shape index (κ2) is 8.84. The summed E-state index contributed by atoms with van der Waals surface area (Å²) in [6.07, 6.45) is 0. The average molecular weight is 456 g/mol. The minimum atomic E-state index is -0.651. The van der Waals surface area contributed by atoms with Gasteiger partial charge in [0.05, 0.1) is 21.2 Å². The third-order valence-corrected chi connectivity index (χ3v) is 5.20. The number of hydrogen-bond donors (Lipinski definition) is 0.